The number of aliphatic hydroxyl groups excluding tert-OH is 1. The molecule has 0 fully saturated rings. The zero-order chi connectivity index (χ0) is 15.3. The van der Waals surface area contributed by atoms with Crippen molar-refractivity contribution in [3.8, 4) is 0 Å². The summed E-state index contributed by atoms with van der Waals surface area (Å²) < 4.78 is 32.6. The van der Waals surface area contributed by atoms with Crippen LogP contribution in [0.2, 0.25) is 0 Å². The SMILES string of the molecule is COCCN(CCO)S(=O)(=O)c1cc(Br)c(C)cc1Br. The molecular formula is C12H17Br2NO4S. The maximum Gasteiger partial charge on any atom is 0.244 e. The fourth-order valence-electron chi connectivity index (χ4n) is 1.62. The Labute approximate surface area is 136 Å². The van der Waals surface area contributed by atoms with E-state index in [2.05, 4.69) is 31.9 Å². The number of aryl methyl sites for hydroxylation is 1. The van der Waals surface area contributed by atoms with Crippen LogP contribution in [0.15, 0.2) is 26.0 Å². The van der Waals surface area contributed by atoms with E-state index in [0.29, 0.717) is 4.47 Å². The molecule has 1 rings (SSSR count). The van der Waals surface area contributed by atoms with Gasteiger partial charge in [-0.2, -0.15) is 4.31 Å². The van der Waals surface area contributed by atoms with Gasteiger partial charge < -0.3 is 9.84 Å². The average molecular weight is 431 g/mol. The van der Waals surface area contributed by atoms with Crippen molar-refractivity contribution in [1.29, 1.82) is 0 Å². The fraction of sp³-hybridized carbons (Fsp3) is 0.500. The van der Waals surface area contributed by atoms with Crippen LogP contribution < -0.4 is 0 Å². The number of hydrogen-bond acceptors (Lipinski definition) is 4. The molecule has 0 aliphatic carbocycles. The minimum absolute atomic E-state index is 0.0314. The van der Waals surface area contributed by atoms with Crippen LogP contribution in [0.5, 0.6) is 0 Å². The monoisotopic (exact) mass is 429 g/mol. The molecule has 0 aliphatic heterocycles. The number of aliphatic hydroxyl groups is 1. The third-order valence-corrected chi connectivity index (χ3v) is 6.44. The second kappa shape index (κ2) is 7.86. The highest BCUT2D eigenvalue weighted by atomic mass is 79.9. The van der Waals surface area contributed by atoms with Gasteiger partial charge >= 0.3 is 0 Å². The van der Waals surface area contributed by atoms with Crippen LogP contribution in [0.3, 0.4) is 0 Å². The van der Waals surface area contributed by atoms with E-state index in [1.54, 1.807) is 12.1 Å². The molecule has 0 heterocycles. The Morgan fingerprint density at radius 1 is 1.25 bits per heavy atom. The van der Waals surface area contributed by atoms with Crippen molar-refractivity contribution in [3.05, 3.63) is 26.6 Å². The molecule has 0 unspecified atom stereocenters. The smallest absolute Gasteiger partial charge is 0.244 e. The summed E-state index contributed by atoms with van der Waals surface area (Å²) in [5, 5.41) is 9.05. The first-order valence-electron chi connectivity index (χ1n) is 5.90. The number of halogens is 2. The van der Waals surface area contributed by atoms with Crippen molar-refractivity contribution < 1.29 is 18.3 Å². The Morgan fingerprint density at radius 3 is 2.45 bits per heavy atom. The molecule has 0 spiro atoms. The van der Waals surface area contributed by atoms with Crippen molar-refractivity contribution in [1.82, 2.24) is 4.31 Å². The minimum Gasteiger partial charge on any atom is -0.395 e. The summed E-state index contributed by atoms with van der Waals surface area (Å²) in [6, 6.07) is 3.30. The van der Waals surface area contributed by atoms with Crippen molar-refractivity contribution in [2.75, 3.05) is 33.4 Å². The third kappa shape index (κ3) is 4.25. The van der Waals surface area contributed by atoms with Crippen LogP contribution in [0.25, 0.3) is 0 Å². The van der Waals surface area contributed by atoms with Crippen LogP contribution in [0.1, 0.15) is 5.56 Å². The standard InChI is InChI=1S/C12H17Br2NO4S/c1-9-7-11(14)12(8-10(9)13)20(17,18)15(3-5-16)4-6-19-2/h7-8,16H,3-6H2,1-2H3. The van der Waals surface area contributed by atoms with Crippen LogP contribution in [-0.2, 0) is 14.8 Å². The highest BCUT2D eigenvalue weighted by Crippen LogP contribution is 2.30. The van der Waals surface area contributed by atoms with Gasteiger partial charge in [0.15, 0.2) is 0 Å². The molecular weight excluding hydrogens is 414 g/mol. The fourth-order valence-corrected chi connectivity index (χ4v) is 4.68. The predicted octanol–water partition coefficient (Wildman–Crippen LogP) is 2.15. The molecule has 0 saturated carbocycles. The topological polar surface area (TPSA) is 66.8 Å². The van der Waals surface area contributed by atoms with Gasteiger partial charge in [-0.25, -0.2) is 8.42 Å². The van der Waals surface area contributed by atoms with E-state index in [4.69, 9.17) is 9.84 Å². The van der Waals surface area contributed by atoms with Gasteiger partial charge in [-0.05, 0) is 40.5 Å². The van der Waals surface area contributed by atoms with Gasteiger partial charge in [0.2, 0.25) is 10.0 Å². The first kappa shape index (κ1) is 18.1. The number of nitrogens with zero attached hydrogens (tertiary/aromatic N) is 1. The lowest BCUT2D eigenvalue weighted by Gasteiger charge is -2.22. The molecule has 0 amide bonds. The van der Waals surface area contributed by atoms with Gasteiger partial charge in [-0.1, -0.05) is 15.9 Å². The van der Waals surface area contributed by atoms with Gasteiger partial charge in [0.05, 0.1) is 18.1 Å². The molecule has 20 heavy (non-hydrogen) atoms. The van der Waals surface area contributed by atoms with E-state index in [1.165, 1.54) is 11.4 Å². The minimum atomic E-state index is -3.69. The zero-order valence-electron chi connectivity index (χ0n) is 11.3. The number of ether oxygens (including phenoxy) is 1. The van der Waals surface area contributed by atoms with E-state index in [0.717, 1.165) is 10.0 Å². The molecule has 5 nitrogen and oxygen atoms in total. The number of sulfonamides is 1. The summed E-state index contributed by atoms with van der Waals surface area (Å²) >= 11 is 6.62. The van der Waals surface area contributed by atoms with Gasteiger partial charge in [0.1, 0.15) is 0 Å². The Hall–Kier alpha value is 0.01000. The molecule has 114 valence electrons. The Kier molecular flexibility index (Phi) is 7.10. The summed E-state index contributed by atoms with van der Waals surface area (Å²) in [7, 11) is -2.19. The lowest BCUT2D eigenvalue weighted by atomic mass is 10.2. The summed E-state index contributed by atoms with van der Waals surface area (Å²) in [5.41, 5.74) is 0.932. The largest absolute Gasteiger partial charge is 0.395 e. The zero-order valence-corrected chi connectivity index (χ0v) is 15.3. The van der Waals surface area contributed by atoms with Gasteiger partial charge in [-0.3, -0.25) is 0 Å². The summed E-state index contributed by atoms with van der Waals surface area (Å²) in [4.78, 5) is 0.166. The van der Waals surface area contributed by atoms with E-state index in [1.807, 2.05) is 6.92 Å². The van der Waals surface area contributed by atoms with E-state index in [9.17, 15) is 8.42 Å². The number of benzene rings is 1. The van der Waals surface area contributed by atoms with Crippen LogP contribution in [0.4, 0.5) is 0 Å². The third-order valence-electron chi connectivity index (χ3n) is 2.73. The molecule has 0 aliphatic rings. The van der Waals surface area contributed by atoms with Crippen LogP contribution >= 0.6 is 31.9 Å². The Morgan fingerprint density at radius 2 is 1.90 bits per heavy atom. The van der Waals surface area contributed by atoms with Crippen LogP contribution in [-0.4, -0.2) is 51.2 Å². The first-order chi connectivity index (χ1) is 9.34. The summed E-state index contributed by atoms with van der Waals surface area (Å²) in [6.07, 6.45) is 0. The highest BCUT2D eigenvalue weighted by Gasteiger charge is 2.26. The van der Waals surface area contributed by atoms with E-state index in [-0.39, 0.29) is 31.2 Å². The van der Waals surface area contributed by atoms with Gasteiger partial charge in [0.25, 0.3) is 0 Å². The van der Waals surface area contributed by atoms with Crippen molar-refractivity contribution in [3.63, 3.8) is 0 Å². The molecule has 0 aromatic heterocycles. The molecule has 0 bridgehead atoms. The lowest BCUT2D eigenvalue weighted by Crippen LogP contribution is -2.36. The second-order valence-electron chi connectivity index (χ2n) is 4.15. The molecule has 1 aromatic carbocycles. The predicted molar refractivity (Wildman–Crippen MR) is 84.3 cm³/mol. The van der Waals surface area contributed by atoms with E-state index < -0.39 is 10.0 Å². The first-order valence-corrected chi connectivity index (χ1v) is 8.92. The molecule has 8 heteroatoms. The second-order valence-corrected chi connectivity index (χ2v) is 7.77. The lowest BCUT2D eigenvalue weighted by molar-refractivity contribution is 0.168. The summed E-state index contributed by atoms with van der Waals surface area (Å²) in [5.74, 6) is 0. The van der Waals surface area contributed by atoms with Gasteiger partial charge in [0, 0.05) is 29.1 Å². The molecule has 1 aromatic rings. The quantitative estimate of drug-likeness (QED) is 0.719. The van der Waals surface area contributed by atoms with Crippen molar-refractivity contribution in [2.45, 2.75) is 11.8 Å². The number of rotatable bonds is 7. The van der Waals surface area contributed by atoms with Crippen molar-refractivity contribution in [2.24, 2.45) is 0 Å². The average Bonchev–Trinajstić information content (AvgIpc) is 2.38. The van der Waals surface area contributed by atoms with Crippen molar-refractivity contribution >= 4 is 41.9 Å². The maximum atomic E-state index is 12.6. The summed E-state index contributed by atoms with van der Waals surface area (Å²) in [6.45, 7) is 2.13. The molecule has 1 N–H and O–H groups in total. The Bertz CT molecular complexity index is 563. The van der Waals surface area contributed by atoms with Gasteiger partial charge in [-0.15, -0.1) is 0 Å². The number of methoxy groups -OCH3 is 1. The maximum absolute atomic E-state index is 12.6. The highest BCUT2D eigenvalue weighted by molar-refractivity contribution is 9.11. The normalized spacial score (nSPS) is 12.1. The molecule has 0 radical (unpaired) electrons. The number of hydrogen-bond donors (Lipinski definition) is 1. The van der Waals surface area contributed by atoms with E-state index >= 15 is 0 Å². The Balaban J connectivity index is 3.22. The molecule has 0 atom stereocenters. The molecule has 0 saturated heterocycles. The van der Waals surface area contributed by atoms with Crippen LogP contribution in [0, 0.1) is 6.92 Å².